The lowest BCUT2D eigenvalue weighted by Crippen LogP contribution is -2.39. The summed E-state index contributed by atoms with van der Waals surface area (Å²) in [5.74, 6) is 1.09. The first-order valence-electron chi connectivity index (χ1n) is 8.26. The summed E-state index contributed by atoms with van der Waals surface area (Å²) in [5.41, 5.74) is 8.25. The highest BCUT2D eigenvalue weighted by molar-refractivity contribution is 5.77. The highest BCUT2D eigenvalue weighted by Crippen LogP contribution is 2.25. The Balaban J connectivity index is 2.02. The van der Waals surface area contributed by atoms with Gasteiger partial charge in [-0.05, 0) is 43.0 Å². The van der Waals surface area contributed by atoms with Gasteiger partial charge in [-0.3, -0.25) is 4.79 Å². The molecule has 1 saturated heterocycles. The second-order valence-electron chi connectivity index (χ2n) is 6.69. The summed E-state index contributed by atoms with van der Waals surface area (Å²) in [6.07, 6.45) is 2.76. The molecule has 0 spiro atoms. The summed E-state index contributed by atoms with van der Waals surface area (Å²) in [6, 6.07) is 8.34. The van der Waals surface area contributed by atoms with Crippen molar-refractivity contribution >= 4 is 11.6 Å². The van der Waals surface area contributed by atoms with Gasteiger partial charge < -0.3 is 15.5 Å². The van der Waals surface area contributed by atoms with Gasteiger partial charge in [0.05, 0.1) is 0 Å². The first kappa shape index (κ1) is 16.8. The van der Waals surface area contributed by atoms with Crippen molar-refractivity contribution in [1.82, 2.24) is 4.90 Å². The molecule has 0 saturated carbocycles. The molecule has 0 aromatic heterocycles. The molecule has 2 N–H and O–H groups in total. The van der Waals surface area contributed by atoms with Crippen molar-refractivity contribution in [3.05, 3.63) is 29.8 Å². The van der Waals surface area contributed by atoms with E-state index in [1.54, 1.807) is 0 Å². The molecule has 1 aromatic carbocycles. The third-order valence-electron chi connectivity index (χ3n) is 4.70. The molecule has 4 heteroatoms. The second kappa shape index (κ2) is 7.63. The summed E-state index contributed by atoms with van der Waals surface area (Å²) in [4.78, 5) is 16.6. The monoisotopic (exact) mass is 303 g/mol. The van der Waals surface area contributed by atoms with Gasteiger partial charge in [0.15, 0.2) is 0 Å². The fraction of sp³-hybridized carbons (Fsp3) is 0.611. The average Bonchev–Trinajstić information content (AvgIpc) is 2.53. The average molecular weight is 303 g/mol. The van der Waals surface area contributed by atoms with Gasteiger partial charge in [0.2, 0.25) is 5.91 Å². The Bertz CT molecular complexity index is 493. The SMILES string of the molecule is CC1CCN(C(=O)CC(CN)c2cccc(N(C)C)c2)CC1. The van der Waals surface area contributed by atoms with Gasteiger partial charge in [-0.25, -0.2) is 0 Å². The molecular formula is C18H29N3O. The number of piperidine rings is 1. The molecule has 1 aliphatic rings. The largest absolute Gasteiger partial charge is 0.378 e. The van der Waals surface area contributed by atoms with Crippen LogP contribution in [0.25, 0.3) is 0 Å². The van der Waals surface area contributed by atoms with Gasteiger partial charge in [0.1, 0.15) is 0 Å². The summed E-state index contributed by atoms with van der Waals surface area (Å²) in [7, 11) is 4.05. The summed E-state index contributed by atoms with van der Waals surface area (Å²) < 4.78 is 0. The lowest BCUT2D eigenvalue weighted by Gasteiger charge is -2.31. The number of benzene rings is 1. The van der Waals surface area contributed by atoms with Crippen molar-refractivity contribution in [2.75, 3.05) is 38.6 Å². The number of likely N-dealkylation sites (tertiary alicyclic amines) is 1. The Morgan fingerprint density at radius 2 is 2.05 bits per heavy atom. The topological polar surface area (TPSA) is 49.6 Å². The second-order valence-corrected chi connectivity index (χ2v) is 6.69. The fourth-order valence-electron chi connectivity index (χ4n) is 2.99. The van der Waals surface area contributed by atoms with E-state index in [9.17, 15) is 4.79 Å². The molecule has 1 heterocycles. The normalized spacial score (nSPS) is 17.4. The van der Waals surface area contributed by atoms with Crippen LogP contribution in [0.3, 0.4) is 0 Å². The van der Waals surface area contributed by atoms with Crippen LogP contribution in [0.4, 0.5) is 5.69 Å². The van der Waals surface area contributed by atoms with E-state index < -0.39 is 0 Å². The van der Waals surface area contributed by atoms with Crippen LogP contribution in [0.2, 0.25) is 0 Å². The minimum atomic E-state index is 0.103. The third kappa shape index (κ3) is 4.23. The quantitative estimate of drug-likeness (QED) is 0.909. The van der Waals surface area contributed by atoms with Crippen LogP contribution in [-0.2, 0) is 4.79 Å². The Hall–Kier alpha value is -1.55. The Morgan fingerprint density at radius 3 is 2.64 bits per heavy atom. The number of rotatable bonds is 5. The van der Waals surface area contributed by atoms with Crippen molar-refractivity contribution < 1.29 is 4.79 Å². The van der Waals surface area contributed by atoms with E-state index in [2.05, 4.69) is 30.0 Å². The standard InChI is InChI=1S/C18H29N3O/c1-14-7-9-21(10-8-14)18(22)12-16(13-19)15-5-4-6-17(11-15)20(2)3/h4-6,11,14,16H,7-10,12-13,19H2,1-3H3. The van der Waals surface area contributed by atoms with Crippen molar-refractivity contribution in [3.8, 4) is 0 Å². The zero-order valence-electron chi connectivity index (χ0n) is 14.1. The van der Waals surface area contributed by atoms with Crippen LogP contribution in [0, 0.1) is 5.92 Å². The number of amides is 1. The van der Waals surface area contributed by atoms with Gasteiger partial charge in [-0.15, -0.1) is 0 Å². The number of nitrogens with two attached hydrogens (primary N) is 1. The molecule has 1 amide bonds. The van der Waals surface area contributed by atoms with Crippen LogP contribution < -0.4 is 10.6 Å². The summed E-state index contributed by atoms with van der Waals surface area (Å²) in [5, 5.41) is 0. The van der Waals surface area contributed by atoms with Crippen molar-refractivity contribution in [2.45, 2.75) is 32.1 Å². The molecule has 1 unspecified atom stereocenters. The molecule has 1 atom stereocenters. The smallest absolute Gasteiger partial charge is 0.223 e. The first-order chi connectivity index (χ1) is 10.5. The molecule has 1 fully saturated rings. The zero-order chi connectivity index (χ0) is 16.1. The molecular weight excluding hydrogens is 274 g/mol. The predicted octanol–water partition coefficient (Wildman–Crippen LogP) is 2.44. The summed E-state index contributed by atoms with van der Waals surface area (Å²) >= 11 is 0. The maximum Gasteiger partial charge on any atom is 0.223 e. The van der Waals surface area contributed by atoms with E-state index in [0.29, 0.717) is 13.0 Å². The number of carbonyl (C=O) groups is 1. The highest BCUT2D eigenvalue weighted by Gasteiger charge is 2.23. The number of anilines is 1. The maximum absolute atomic E-state index is 12.5. The minimum Gasteiger partial charge on any atom is -0.378 e. The van der Waals surface area contributed by atoms with E-state index >= 15 is 0 Å². The molecule has 22 heavy (non-hydrogen) atoms. The van der Waals surface area contributed by atoms with Gasteiger partial charge in [0.25, 0.3) is 0 Å². The number of hydrogen-bond acceptors (Lipinski definition) is 3. The molecule has 1 aliphatic heterocycles. The van der Waals surface area contributed by atoms with Gasteiger partial charge in [-0.2, -0.15) is 0 Å². The molecule has 4 nitrogen and oxygen atoms in total. The lowest BCUT2D eigenvalue weighted by molar-refractivity contribution is -0.132. The third-order valence-corrected chi connectivity index (χ3v) is 4.70. The van der Waals surface area contributed by atoms with Crippen LogP contribution in [0.1, 0.15) is 37.7 Å². The number of nitrogens with zero attached hydrogens (tertiary/aromatic N) is 2. The van der Waals surface area contributed by atoms with Crippen molar-refractivity contribution in [3.63, 3.8) is 0 Å². The Morgan fingerprint density at radius 1 is 1.36 bits per heavy atom. The Kier molecular flexibility index (Phi) is 5.83. The molecule has 0 aliphatic carbocycles. The van der Waals surface area contributed by atoms with Crippen LogP contribution in [0.5, 0.6) is 0 Å². The molecule has 0 radical (unpaired) electrons. The lowest BCUT2D eigenvalue weighted by atomic mass is 9.93. The highest BCUT2D eigenvalue weighted by atomic mass is 16.2. The molecule has 122 valence electrons. The maximum atomic E-state index is 12.5. The van der Waals surface area contributed by atoms with E-state index in [-0.39, 0.29) is 11.8 Å². The van der Waals surface area contributed by atoms with Crippen molar-refractivity contribution in [1.29, 1.82) is 0 Å². The minimum absolute atomic E-state index is 0.103. The van der Waals surface area contributed by atoms with E-state index in [1.165, 1.54) is 0 Å². The molecule has 0 bridgehead atoms. The van der Waals surface area contributed by atoms with Crippen LogP contribution in [-0.4, -0.2) is 44.5 Å². The van der Waals surface area contributed by atoms with Crippen LogP contribution in [0.15, 0.2) is 24.3 Å². The van der Waals surface area contributed by atoms with Crippen molar-refractivity contribution in [2.24, 2.45) is 11.7 Å². The molecule has 2 rings (SSSR count). The number of hydrogen-bond donors (Lipinski definition) is 1. The number of carbonyl (C=O) groups excluding carboxylic acids is 1. The van der Waals surface area contributed by atoms with E-state index in [4.69, 9.17) is 5.73 Å². The first-order valence-corrected chi connectivity index (χ1v) is 8.26. The van der Waals surface area contributed by atoms with Crippen LogP contribution >= 0.6 is 0 Å². The van der Waals surface area contributed by atoms with Gasteiger partial charge in [0, 0.05) is 45.2 Å². The molecule has 1 aromatic rings. The Labute approximate surface area is 134 Å². The van der Waals surface area contributed by atoms with E-state index in [0.717, 1.165) is 43.1 Å². The van der Waals surface area contributed by atoms with Gasteiger partial charge >= 0.3 is 0 Å². The fourth-order valence-corrected chi connectivity index (χ4v) is 2.99. The van der Waals surface area contributed by atoms with Gasteiger partial charge in [-0.1, -0.05) is 19.1 Å². The predicted molar refractivity (Wildman–Crippen MR) is 92.2 cm³/mol. The summed E-state index contributed by atoms with van der Waals surface area (Å²) in [6.45, 7) is 4.56. The van der Waals surface area contributed by atoms with E-state index in [1.807, 2.05) is 25.1 Å². The zero-order valence-corrected chi connectivity index (χ0v) is 14.1.